The normalized spacial score (nSPS) is 9.21. The van der Waals surface area contributed by atoms with E-state index in [1.165, 1.54) is 17.7 Å². The predicted octanol–water partition coefficient (Wildman–Crippen LogP) is 4.21. The summed E-state index contributed by atoms with van der Waals surface area (Å²) in [5.74, 6) is -0.992. The fraction of sp³-hybridized carbons (Fsp3) is 0.125. The minimum Gasteiger partial charge on any atom is -0.505 e. The second-order valence-corrected chi connectivity index (χ2v) is 4.00. The van der Waals surface area contributed by atoms with Crippen LogP contribution in [0.3, 0.4) is 0 Å². The molecule has 100 valence electrons. The average molecular weight is 259 g/mol. The number of anilines is 1. The lowest BCUT2D eigenvalue weighted by Crippen LogP contribution is -1.92. The molecule has 2 rings (SSSR count). The Morgan fingerprint density at radius 2 is 1.84 bits per heavy atom. The summed E-state index contributed by atoms with van der Waals surface area (Å²) in [6.45, 7) is 5.62. The Bertz CT molecular complexity index is 538. The SMILES string of the molecule is C=Cc1cc(O)c(F)cc1NC.Cc1ccccc1. The summed E-state index contributed by atoms with van der Waals surface area (Å²) in [7, 11) is 1.68. The molecule has 0 bridgehead atoms. The van der Waals surface area contributed by atoms with Crippen LogP contribution in [-0.2, 0) is 0 Å². The average Bonchev–Trinajstić information content (AvgIpc) is 2.43. The molecule has 0 radical (unpaired) electrons. The second-order valence-electron chi connectivity index (χ2n) is 4.00. The van der Waals surface area contributed by atoms with Crippen molar-refractivity contribution in [3.8, 4) is 5.75 Å². The third-order valence-corrected chi connectivity index (χ3v) is 2.55. The zero-order chi connectivity index (χ0) is 14.3. The van der Waals surface area contributed by atoms with Gasteiger partial charge in [-0.2, -0.15) is 0 Å². The molecular formula is C16H18FNO. The molecule has 19 heavy (non-hydrogen) atoms. The number of phenolic OH excluding ortho intramolecular Hbond substituents is 1. The van der Waals surface area contributed by atoms with Gasteiger partial charge in [0.05, 0.1) is 0 Å². The molecule has 0 aliphatic rings. The van der Waals surface area contributed by atoms with E-state index in [0.29, 0.717) is 11.3 Å². The molecule has 2 nitrogen and oxygen atoms in total. The molecule has 0 saturated heterocycles. The molecule has 0 atom stereocenters. The van der Waals surface area contributed by atoms with Gasteiger partial charge >= 0.3 is 0 Å². The highest BCUT2D eigenvalue weighted by Crippen LogP contribution is 2.25. The first-order chi connectivity index (χ1) is 9.08. The quantitative estimate of drug-likeness (QED) is 0.792. The van der Waals surface area contributed by atoms with Gasteiger partial charge in [0, 0.05) is 24.4 Å². The van der Waals surface area contributed by atoms with Crippen LogP contribution in [0.1, 0.15) is 11.1 Å². The van der Waals surface area contributed by atoms with E-state index >= 15 is 0 Å². The van der Waals surface area contributed by atoms with Crippen molar-refractivity contribution < 1.29 is 9.50 Å². The maximum Gasteiger partial charge on any atom is 0.166 e. The molecule has 0 saturated carbocycles. The zero-order valence-corrected chi connectivity index (χ0v) is 11.2. The number of aromatic hydroxyl groups is 1. The van der Waals surface area contributed by atoms with E-state index in [1.807, 2.05) is 18.2 Å². The van der Waals surface area contributed by atoms with Gasteiger partial charge in [-0.25, -0.2) is 4.39 Å². The summed E-state index contributed by atoms with van der Waals surface area (Å²) in [4.78, 5) is 0. The smallest absolute Gasteiger partial charge is 0.166 e. The highest BCUT2D eigenvalue weighted by molar-refractivity contribution is 5.67. The van der Waals surface area contributed by atoms with Gasteiger partial charge in [0.15, 0.2) is 11.6 Å². The molecule has 0 fully saturated rings. The van der Waals surface area contributed by atoms with Crippen LogP contribution in [0.5, 0.6) is 5.75 Å². The van der Waals surface area contributed by atoms with E-state index in [1.54, 1.807) is 13.1 Å². The predicted molar refractivity (Wildman–Crippen MR) is 78.9 cm³/mol. The lowest BCUT2D eigenvalue weighted by atomic mass is 10.1. The lowest BCUT2D eigenvalue weighted by molar-refractivity contribution is 0.432. The number of halogens is 1. The van der Waals surface area contributed by atoms with Gasteiger partial charge in [-0.05, 0) is 13.0 Å². The van der Waals surface area contributed by atoms with Gasteiger partial charge in [-0.15, -0.1) is 0 Å². The van der Waals surface area contributed by atoms with E-state index in [0.717, 1.165) is 0 Å². The summed E-state index contributed by atoms with van der Waals surface area (Å²) >= 11 is 0. The Balaban J connectivity index is 0.000000218. The van der Waals surface area contributed by atoms with Gasteiger partial charge < -0.3 is 10.4 Å². The van der Waals surface area contributed by atoms with Gasteiger partial charge in [-0.3, -0.25) is 0 Å². The highest BCUT2D eigenvalue weighted by atomic mass is 19.1. The third kappa shape index (κ3) is 4.47. The molecule has 0 heterocycles. The number of phenols is 1. The van der Waals surface area contributed by atoms with Gasteiger partial charge in [0.25, 0.3) is 0 Å². The van der Waals surface area contributed by atoms with Crippen molar-refractivity contribution >= 4 is 11.8 Å². The first kappa shape index (κ1) is 14.8. The van der Waals surface area contributed by atoms with Crippen LogP contribution in [0.25, 0.3) is 6.08 Å². The highest BCUT2D eigenvalue weighted by Gasteiger charge is 2.04. The number of hydrogen-bond donors (Lipinski definition) is 2. The van der Waals surface area contributed by atoms with Gasteiger partial charge in [0.1, 0.15) is 0 Å². The fourth-order valence-electron chi connectivity index (χ4n) is 1.50. The number of nitrogens with one attached hydrogen (secondary N) is 1. The largest absolute Gasteiger partial charge is 0.505 e. The number of hydrogen-bond acceptors (Lipinski definition) is 2. The van der Waals surface area contributed by atoms with Crippen LogP contribution < -0.4 is 5.32 Å². The number of rotatable bonds is 2. The van der Waals surface area contributed by atoms with E-state index in [2.05, 4.69) is 31.0 Å². The van der Waals surface area contributed by atoms with Crippen molar-refractivity contribution in [2.75, 3.05) is 12.4 Å². The van der Waals surface area contributed by atoms with Crippen LogP contribution in [0.15, 0.2) is 49.0 Å². The summed E-state index contributed by atoms with van der Waals surface area (Å²) in [6.07, 6.45) is 1.55. The maximum absolute atomic E-state index is 12.8. The van der Waals surface area contributed by atoms with Crippen molar-refractivity contribution in [1.29, 1.82) is 0 Å². The molecule has 0 unspecified atom stereocenters. The molecule has 0 spiro atoms. The van der Waals surface area contributed by atoms with E-state index in [-0.39, 0.29) is 5.75 Å². The summed E-state index contributed by atoms with van der Waals surface area (Å²) in [5.41, 5.74) is 2.61. The third-order valence-electron chi connectivity index (χ3n) is 2.55. The molecule has 2 aromatic rings. The lowest BCUT2D eigenvalue weighted by Gasteiger charge is -2.05. The summed E-state index contributed by atoms with van der Waals surface area (Å²) in [5, 5.41) is 11.8. The van der Waals surface area contributed by atoms with E-state index in [4.69, 9.17) is 5.11 Å². The topological polar surface area (TPSA) is 32.3 Å². The van der Waals surface area contributed by atoms with E-state index in [9.17, 15) is 4.39 Å². The van der Waals surface area contributed by atoms with E-state index < -0.39 is 5.82 Å². The zero-order valence-electron chi connectivity index (χ0n) is 11.2. The molecule has 0 amide bonds. The molecule has 0 aromatic heterocycles. The van der Waals surface area contributed by atoms with Gasteiger partial charge in [-0.1, -0.05) is 48.6 Å². The molecule has 2 N–H and O–H groups in total. The van der Waals surface area contributed by atoms with Crippen molar-refractivity contribution in [3.05, 3.63) is 66.0 Å². The summed E-state index contributed by atoms with van der Waals surface area (Å²) in [6, 6.07) is 12.8. The number of benzene rings is 2. The molecule has 0 aliphatic carbocycles. The molecular weight excluding hydrogens is 241 g/mol. The monoisotopic (exact) mass is 259 g/mol. The van der Waals surface area contributed by atoms with Crippen molar-refractivity contribution in [2.24, 2.45) is 0 Å². The van der Waals surface area contributed by atoms with Crippen molar-refractivity contribution in [2.45, 2.75) is 6.92 Å². The van der Waals surface area contributed by atoms with Crippen molar-refractivity contribution in [3.63, 3.8) is 0 Å². The Hall–Kier alpha value is -2.29. The van der Waals surface area contributed by atoms with Crippen LogP contribution in [0.4, 0.5) is 10.1 Å². The van der Waals surface area contributed by atoms with Crippen LogP contribution >= 0.6 is 0 Å². The maximum atomic E-state index is 12.8. The van der Waals surface area contributed by atoms with Crippen LogP contribution in [0, 0.1) is 12.7 Å². The first-order valence-electron chi connectivity index (χ1n) is 5.92. The first-order valence-corrected chi connectivity index (χ1v) is 5.92. The summed E-state index contributed by atoms with van der Waals surface area (Å²) < 4.78 is 12.8. The van der Waals surface area contributed by atoms with Crippen molar-refractivity contribution in [1.82, 2.24) is 0 Å². The molecule has 3 heteroatoms. The fourth-order valence-corrected chi connectivity index (χ4v) is 1.50. The Kier molecular flexibility index (Phi) is 5.61. The molecule has 0 aliphatic heterocycles. The number of aryl methyl sites for hydroxylation is 1. The minimum atomic E-state index is -0.634. The Morgan fingerprint density at radius 3 is 2.26 bits per heavy atom. The van der Waals surface area contributed by atoms with Crippen LogP contribution in [-0.4, -0.2) is 12.2 Å². The second kappa shape index (κ2) is 7.21. The Morgan fingerprint density at radius 1 is 1.21 bits per heavy atom. The molecule has 2 aromatic carbocycles. The van der Waals surface area contributed by atoms with Crippen LogP contribution in [0.2, 0.25) is 0 Å². The Labute approximate surface area is 113 Å². The standard InChI is InChI=1S/C9H10FNO.C7H8/c1-3-6-4-9(12)7(10)5-8(6)11-2;1-7-5-3-2-4-6-7/h3-5,11-12H,1H2,2H3;2-6H,1H3. The minimum absolute atomic E-state index is 0.357. The van der Waals surface area contributed by atoms with Gasteiger partial charge in [0.2, 0.25) is 0 Å².